The van der Waals surface area contributed by atoms with E-state index in [1.165, 1.54) is 4.90 Å². The van der Waals surface area contributed by atoms with Crippen molar-refractivity contribution in [1.29, 1.82) is 0 Å². The fraction of sp³-hybridized carbons (Fsp3) is 0.419. The number of rotatable bonds is 12. The van der Waals surface area contributed by atoms with E-state index in [4.69, 9.17) is 0 Å². The molecule has 1 N–H and O–H groups in total. The van der Waals surface area contributed by atoms with E-state index >= 15 is 0 Å². The highest BCUT2D eigenvalue weighted by molar-refractivity contribution is 9.10. The Hall–Kier alpha value is -3.26. The average molecular weight is 595 g/mol. The summed E-state index contributed by atoms with van der Waals surface area (Å²) in [6.07, 6.45) is 7.14. The molecule has 1 saturated heterocycles. The second-order valence-electron chi connectivity index (χ2n) is 10.2. The lowest BCUT2D eigenvalue weighted by Gasteiger charge is -2.32. The van der Waals surface area contributed by atoms with Gasteiger partial charge in [0.05, 0.1) is 11.8 Å². The minimum Gasteiger partial charge on any atom is -0.354 e. The molecule has 3 atom stereocenters. The summed E-state index contributed by atoms with van der Waals surface area (Å²) in [5.74, 6) is -1.52. The zero-order chi connectivity index (χ0) is 27.8. The minimum atomic E-state index is -0.743. The summed E-state index contributed by atoms with van der Waals surface area (Å²) in [6.45, 7) is 2.85. The van der Waals surface area contributed by atoms with Crippen molar-refractivity contribution in [2.75, 3.05) is 13.1 Å². The van der Waals surface area contributed by atoms with E-state index in [-0.39, 0.29) is 55.0 Å². The lowest BCUT2D eigenvalue weighted by Crippen LogP contribution is -2.51. The van der Waals surface area contributed by atoms with Crippen LogP contribution < -0.4 is 5.32 Å². The van der Waals surface area contributed by atoms with Crippen LogP contribution in [-0.4, -0.2) is 52.6 Å². The molecule has 0 radical (unpaired) electrons. The molecule has 0 unspecified atom stereocenters. The molecule has 206 valence electrons. The zero-order valence-corrected chi connectivity index (χ0v) is 23.9. The molecule has 39 heavy (non-hydrogen) atoms. The average Bonchev–Trinajstić information content (AvgIpc) is 3.19. The highest BCUT2D eigenvalue weighted by Gasteiger charge is 2.47. The van der Waals surface area contributed by atoms with Gasteiger partial charge in [0.1, 0.15) is 6.04 Å². The van der Waals surface area contributed by atoms with Crippen LogP contribution >= 0.6 is 15.9 Å². The smallest absolute Gasteiger partial charge is 0.243 e. The van der Waals surface area contributed by atoms with Crippen molar-refractivity contribution >= 4 is 39.6 Å². The highest BCUT2D eigenvalue weighted by atomic mass is 79.9. The van der Waals surface area contributed by atoms with Crippen LogP contribution in [0.2, 0.25) is 0 Å². The van der Waals surface area contributed by atoms with Crippen molar-refractivity contribution < 1.29 is 19.2 Å². The zero-order valence-electron chi connectivity index (χ0n) is 22.4. The first-order chi connectivity index (χ1) is 18.9. The van der Waals surface area contributed by atoms with Crippen LogP contribution in [0.15, 0.2) is 71.2 Å². The quantitative estimate of drug-likeness (QED) is 0.220. The first-order valence-electron chi connectivity index (χ1n) is 13.7. The van der Waals surface area contributed by atoms with Crippen LogP contribution in [0.25, 0.3) is 0 Å². The van der Waals surface area contributed by atoms with Gasteiger partial charge in [-0.1, -0.05) is 83.9 Å². The number of likely N-dealkylation sites (tertiary alicyclic amines) is 1. The number of unbranched alkanes of at least 4 members (excludes halogenated alkanes) is 1. The lowest BCUT2D eigenvalue weighted by atomic mass is 9.85. The third kappa shape index (κ3) is 7.24. The molecule has 1 aliphatic heterocycles. The molecule has 2 aromatic rings. The molecular weight excluding hydrogens is 558 g/mol. The monoisotopic (exact) mass is 593 g/mol. The van der Waals surface area contributed by atoms with Gasteiger partial charge >= 0.3 is 0 Å². The number of benzene rings is 2. The Morgan fingerprint density at radius 3 is 2.31 bits per heavy atom. The number of imide groups is 1. The van der Waals surface area contributed by atoms with Gasteiger partial charge in [-0.25, -0.2) is 0 Å². The molecule has 1 fully saturated rings. The van der Waals surface area contributed by atoms with Gasteiger partial charge in [0.2, 0.25) is 23.6 Å². The second-order valence-corrected chi connectivity index (χ2v) is 11.2. The minimum absolute atomic E-state index is 0.0218. The van der Waals surface area contributed by atoms with E-state index < -0.39 is 6.04 Å². The number of amides is 4. The Morgan fingerprint density at radius 1 is 1.00 bits per heavy atom. The van der Waals surface area contributed by atoms with Gasteiger partial charge in [0.15, 0.2) is 0 Å². The Kier molecular flexibility index (Phi) is 10.1. The Morgan fingerprint density at radius 2 is 1.67 bits per heavy atom. The number of fused-ring (bicyclic) bond motifs is 1. The van der Waals surface area contributed by atoms with E-state index in [1.54, 1.807) is 4.90 Å². The first kappa shape index (κ1) is 28.7. The molecule has 1 heterocycles. The van der Waals surface area contributed by atoms with E-state index in [1.807, 2.05) is 66.7 Å². The summed E-state index contributed by atoms with van der Waals surface area (Å²) in [5, 5.41) is 3.01. The summed E-state index contributed by atoms with van der Waals surface area (Å²) in [5.41, 5.74) is 1.82. The molecule has 0 spiro atoms. The molecule has 4 amide bonds. The standard InChI is InChI=1S/C31H36BrN3O4/c1-2-3-17-33-29(37)27(20-22-10-5-4-6-11-22)35(21-23-12-9-13-24(32)19-23)28(36)16-18-34-30(38)25-14-7-8-15-26(25)31(34)39/h4-13,19,25-27H,2-3,14-18,20-21H2,1H3,(H,33,37)/t25-,26+,27-/m1/s1. The Labute approximate surface area is 238 Å². The number of halogens is 1. The number of hydrogen-bond acceptors (Lipinski definition) is 4. The molecular formula is C31H36BrN3O4. The van der Waals surface area contributed by atoms with E-state index in [0.29, 0.717) is 25.8 Å². The van der Waals surface area contributed by atoms with E-state index in [2.05, 4.69) is 28.2 Å². The molecule has 8 heteroatoms. The molecule has 0 bridgehead atoms. The van der Waals surface area contributed by atoms with Crippen molar-refractivity contribution in [2.24, 2.45) is 11.8 Å². The Bertz CT molecular complexity index is 1190. The maximum Gasteiger partial charge on any atom is 0.243 e. The van der Waals surface area contributed by atoms with Gasteiger partial charge in [0, 0.05) is 36.9 Å². The molecule has 7 nitrogen and oxygen atoms in total. The number of allylic oxidation sites excluding steroid dienone is 2. The van der Waals surface area contributed by atoms with Crippen molar-refractivity contribution in [3.63, 3.8) is 0 Å². The normalized spacial score (nSPS) is 19.1. The van der Waals surface area contributed by atoms with Crippen LogP contribution in [0.5, 0.6) is 0 Å². The predicted octanol–water partition coefficient (Wildman–Crippen LogP) is 4.65. The van der Waals surface area contributed by atoms with E-state index in [0.717, 1.165) is 28.4 Å². The molecule has 1 aliphatic carbocycles. The third-order valence-corrected chi connectivity index (χ3v) is 7.98. The maximum absolute atomic E-state index is 13.9. The summed E-state index contributed by atoms with van der Waals surface area (Å²) in [4.78, 5) is 56.2. The number of carbonyl (C=O) groups excluding carboxylic acids is 4. The van der Waals surface area contributed by atoms with Crippen molar-refractivity contribution in [1.82, 2.24) is 15.1 Å². The maximum atomic E-state index is 13.9. The molecule has 2 aromatic carbocycles. The largest absolute Gasteiger partial charge is 0.354 e. The topological polar surface area (TPSA) is 86.8 Å². The predicted molar refractivity (Wildman–Crippen MR) is 153 cm³/mol. The summed E-state index contributed by atoms with van der Waals surface area (Å²) >= 11 is 3.50. The lowest BCUT2D eigenvalue weighted by molar-refractivity contribution is -0.144. The highest BCUT2D eigenvalue weighted by Crippen LogP contribution is 2.35. The first-order valence-corrected chi connectivity index (χ1v) is 14.5. The fourth-order valence-corrected chi connectivity index (χ4v) is 5.78. The number of nitrogens with zero attached hydrogens (tertiary/aromatic N) is 2. The summed E-state index contributed by atoms with van der Waals surface area (Å²) in [6, 6.07) is 16.6. The van der Waals surface area contributed by atoms with Crippen molar-refractivity contribution in [3.05, 3.63) is 82.3 Å². The van der Waals surface area contributed by atoms with Crippen LogP contribution in [0.1, 0.15) is 50.2 Å². The van der Waals surface area contributed by atoms with Gasteiger partial charge in [-0.15, -0.1) is 0 Å². The Balaban J connectivity index is 1.57. The second kappa shape index (κ2) is 13.7. The van der Waals surface area contributed by atoms with Gasteiger partial charge < -0.3 is 10.2 Å². The van der Waals surface area contributed by atoms with Gasteiger partial charge in [-0.2, -0.15) is 0 Å². The number of hydrogen-bond donors (Lipinski definition) is 1. The number of carbonyl (C=O) groups is 4. The van der Waals surface area contributed by atoms with Crippen molar-refractivity contribution in [2.45, 2.75) is 58.0 Å². The van der Waals surface area contributed by atoms with Gasteiger partial charge in [-0.3, -0.25) is 24.1 Å². The summed E-state index contributed by atoms with van der Waals surface area (Å²) < 4.78 is 0.879. The van der Waals surface area contributed by atoms with Crippen LogP contribution in [-0.2, 0) is 32.1 Å². The van der Waals surface area contributed by atoms with E-state index in [9.17, 15) is 19.2 Å². The molecule has 4 rings (SSSR count). The summed E-state index contributed by atoms with van der Waals surface area (Å²) in [7, 11) is 0. The third-order valence-electron chi connectivity index (χ3n) is 7.49. The fourth-order valence-electron chi connectivity index (χ4n) is 5.33. The molecule has 0 saturated carbocycles. The SMILES string of the molecule is CCCCNC(=O)[C@@H](Cc1ccccc1)N(Cc1cccc(Br)c1)C(=O)CCN1C(=O)[C@H]2CC=CC[C@H]2C1=O. The van der Waals surface area contributed by atoms with Crippen LogP contribution in [0.3, 0.4) is 0 Å². The molecule has 0 aromatic heterocycles. The van der Waals surface area contributed by atoms with Crippen LogP contribution in [0, 0.1) is 11.8 Å². The van der Waals surface area contributed by atoms with Crippen molar-refractivity contribution in [3.8, 4) is 0 Å². The number of nitrogens with one attached hydrogen (secondary N) is 1. The van der Waals surface area contributed by atoms with Crippen LogP contribution in [0.4, 0.5) is 0 Å². The molecule has 2 aliphatic rings. The van der Waals surface area contributed by atoms with Gasteiger partial charge in [-0.05, 0) is 42.5 Å². The van der Waals surface area contributed by atoms with Gasteiger partial charge in [0.25, 0.3) is 0 Å².